The van der Waals surface area contributed by atoms with Crippen molar-refractivity contribution in [1.29, 1.82) is 0 Å². The zero-order valence-corrected chi connectivity index (χ0v) is 11.6. The molecule has 1 N–H and O–H groups in total. The average molecular weight is 301 g/mol. The van der Waals surface area contributed by atoms with Crippen molar-refractivity contribution in [2.75, 3.05) is 6.54 Å². The second-order valence-electron chi connectivity index (χ2n) is 4.34. The number of amides is 1. The van der Waals surface area contributed by atoms with E-state index in [0.717, 1.165) is 17.7 Å². The Bertz CT molecular complexity index is 706. The summed E-state index contributed by atoms with van der Waals surface area (Å²) < 4.78 is 31.0. The maximum Gasteiger partial charge on any atom is 0.408 e. The summed E-state index contributed by atoms with van der Waals surface area (Å²) in [5.74, 6) is 3.68. The van der Waals surface area contributed by atoms with Gasteiger partial charge in [0.25, 0.3) is 0 Å². The van der Waals surface area contributed by atoms with Gasteiger partial charge < -0.3 is 10.1 Å². The van der Waals surface area contributed by atoms with Crippen LogP contribution >= 0.6 is 0 Å². The molecule has 2 aromatic rings. The van der Waals surface area contributed by atoms with Gasteiger partial charge in [0.2, 0.25) is 0 Å². The van der Waals surface area contributed by atoms with Crippen LogP contribution in [-0.4, -0.2) is 12.6 Å². The molecule has 1 amide bonds. The first kappa shape index (κ1) is 15.5. The van der Waals surface area contributed by atoms with Crippen molar-refractivity contribution in [3.63, 3.8) is 0 Å². The summed E-state index contributed by atoms with van der Waals surface area (Å²) in [6, 6.07) is 12.4. The summed E-state index contributed by atoms with van der Waals surface area (Å²) in [6.45, 7) is 0.164. The highest BCUT2D eigenvalue weighted by molar-refractivity contribution is 5.67. The van der Waals surface area contributed by atoms with Crippen LogP contribution in [0.5, 0.6) is 0 Å². The van der Waals surface area contributed by atoms with E-state index in [1.165, 1.54) is 6.07 Å². The first-order valence-corrected chi connectivity index (χ1v) is 6.53. The Labute approximate surface area is 126 Å². The molecule has 2 rings (SSSR count). The molecule has 3 nitrogen and oxygen atoms in total. The zero-order valence-electron chi connectivity index (χ0n) is 11.6. The van der Waals surface area contributed by atoms with Gasteiger partial charge in [-0.1, -0.05) is 42.2 Å². The molecule has 2 aromatic carbocycles. The lowest BCUT2D eigenvalue weighted by Crippen LogP contribution is -2.24. The fourth-order valence-corrected chi connectivity index (χ4v) is 1.62. The van der Waals surface area contributed by atoms with Crippen LogP contribution in [0.2, 0.25) is 0 Å². The third-order valence-electron chi connectivity index (χ3n) is 2.69. The number of ether oxygens (including phenoxy) is 1. The molecule has 0 heterocycles. The molecule has 0 saturated carbocycles. The first-order valence-electron chi connectivity index (χ1n) is 6.53. The maximum atomic E-state index is 13.3. The fraction of sp³-hybridized carbons (Fsp3) is 0.118. The molecule has 112 valence electrons. The van der Waals surface area contributed by atoms with Crippen molar-refractivity contribution in [1.82, 2.24) is 5.32 Å². The molecule has 0 radical (unpaired) electrons. The summed E-state index contributed by atoms with van der Waals surface area (Å²) in [5.41, 5.74) is 0.943. The normalized spacial score (nSPS) is 9.55. The van der Waals surface area contributed by atoms with Crippen LogP contribution in [0.15, 0.2) is 48.5 Å². The van der Waals surface area contributed by atoms with E-state index in [4.69, 9.17) is 4.74 Å². The molecule has 5 heteroatoms. The number of carbonyl (C=O) groups excluding carboxylic acids is 1. The van der Waals surface area contributed by atoms with E-state index < -0.39 is 17.7 Å². The second-order valence-corrected chi connectivity index (χ2v) is 4.34. The third kappa shape index (κ3) is 4.91. The molecule has 0 saturated heterocycles. The minimum absolute atomic E-state index is 0.00440. The summed E-state index contributed by atoms with van der Waals surface area (Å²) in [4.78, 5) is 11.4. The van der Waals surface area contributed by atoms with Gasteiger partial charge >= 0.3 is 6.09 Å². The fourth-order valence-electron chi connectivity index (χ4n) is 1.62. The summed E-state index contributed by atoms with van der Waals surface area (Å²) in [7, 11) is 0. The number of rotatable bonds is 3. The lowest BCUT2D eigenvalue weighted by atomic mass is 10.2. The average Bonchev–Trinajstić information content (AvgIpc) is 2.52. The molecule has 0 fully saturated rings. The summed E-state index contributed by atoms with van der Waals surface area (Å²) >= 11 is 0. The molecule has 0 aromatic heterocycles. The highest BCUT2D eigenvalue weighted by Crippen LogP contribution is 2.07. The predicted octanol–water partition coefficient (Wildman–Crippen LogP) is 3.24. The van der Waals surface area contributed by atoms with Gasteiger partial charge in [-0.3, -0.25) is 0 Å². The van der Waals surface area contributed by atoms with Crippen molar-refractivity contribution in [3.8, 4) is 11.8 Å². The Balaban J connectivity index is 1.76. The smallest absolute Gasteiger partial charge is 0.408 e. The van der Waals surface area contributed by atoms with E-state index in [9.17, 15) is 13.6 Å². The van der Waals surface area contributed by atoms with Gasteiger partial charge in [-0.15, -0.1) is 0 Å². The van der Waals surface area contributed by atoms with E-state index in [2.05, 4.69) is 17.2 Å². The lowest BCUT2D eigenvalue weighted by molar-refractivity contribution is 0.141. The summed E-state index contributed by atoms with van der Waals surface area (Å²) in [6.07, 6.45) is -0.613. The molecule has 0 aliphatic carbocycles. The van der Waals surface area contributed by atoms with Gasteiger partial charge in [0, 0.05) is 6.07 Å². The van der Waals surface area contributed by atoms with E-state index >= 15 is 0 Å². The van der Waals surface area contributed by atoms with Crippen LogP contribution < -0.4 is 5.32 Å². The van der Waals surface area contributed by atoms with Crippen molar-refractivity contribution in [2.45, 2.75) is 6.61 Å². The quantitative estimate of drug-likeness (QED) is 0.884. The minimum atomic E-state index is -0.737. The Morgan fingerprint density at radius 3 is 2.64 bits per heavy atom. The summed E-state index contributed by atoms with van der Waals surface area (Å²) in [5, 5.41) is 2.42. The Kier molecular flexibility index (Phi) is 5.50. The number of nitrogens with one attached hydrogen (secondary N) is 1. The Morgan fingerprint density at radius 2 is 1.91 bits per heavy atom. The standard InChI is InChI=1S/C17H13F2NO2/c18-15-9-8-14(16(19)11-15)7-4-10-20-17(21)22-12-13-5-2-1-3-6-13/h1-3,5-6,8-9,11H,10,12H2,(H,20,21). The SMILES string of the molecule is O=C(NCC#Cc1ccc(F)cc1F)OCc1ccccc1. The molecular formula is C17H13F2NO2. The predicted molar refractivity (Wildman–Crippen MR) is 77.9 cm³/mol. The molecule has 0 aliphatic heterocycles. The van der Waals surface area contributed by atoms with Crippen molar-refractivity contribution in [3.05, 3.63) is 71.3 Å². The number of alkyl carbamates (subject to hydrolysis) is 1. The van der Waals surface area contributed by atoms with Crippen LogP contribution in [0.1, 0.15) is 11.1 Å². The molecular weight excluding hydrogens is 288 g/mol. The first-order chi connectivity index (χ1) is 10.6. The van der Waals surface area contributed by atoms with Crippen LogP contribution in [0, 0.1) is 23.5 Å². The molecule has 0 bridgehead atoms. The van der Waals surface area contributed by atoms with Gasteiger partial charge in [-0.2, -0.15) is 0 Å². The van der Waals surface area contributed by atoms with Crippen molar-refractivity contribution in [2.24, 2.45) is 0 Å². The molecule has 0 spiro atoms. The number of hydrogen-bond acceptors (Lipinski definition) is 2. The van der Waals surface area contributed by atoms with Gasteiger partial charge in [0.1, 0.15) is 18.2 Å². The lowest BCUT2D eigenvalue weighted by Gasteiger charge is -2.04. The molecule has 22 heavy (non-hydrogen) atoms. The Hall–Kier alpha value is -2.87. The number of carbonyl (C=O) groups is 1. The van der Waals surface area contributed by atoms with E-state index in [-0.39, 0.29) is 18.7 Å². The topological polar surface area (TPSA) is 38.3 Å². The van der Waals surface area contributed by atoms with Crippen LogP contribution in [0.3, 0.4) is 0 Å². The maximum absolute atomic E-state index is 13.3. The van der Waals surface area contributed by atoms with Crippen LogP contribution in [-0.2, 0) is 11.3 Å². The highest BCUT2D eigenvalue weighted by Gasteiger charge is 2.01. The molecule has 0 aliphatic rings. The van der Waals surface area contributed by atoms with Crippen molar-refractivity contribution >= 4 is 6.09 Å². The van der Waals surface area contributed by atoms with Gasteiger partial charge in [0.05, 0.1) is 12.1 Å². The number of halogens is 2. The van der Waals surface area contributed by atoms with Gasteiger partial charge in [0.15, 0.2) is 0 Å². The van der Waals surface area contributed by atoms with Crippen LogP contribution in [0.4, 0.5) is 13.6 Å². The molecule has 0 unspecified atom stereocenters. The zero-order chi connectivity index (χ0) is 15.8. The van der Waals surface area contributed by atoms with Gasteiger partial charge in [-0.25, -0.2) is 13.6 Å². The van der Waals surface area contributed by atoms with E-state index in [1.807, 2.05) is 30.3 Å². The van der Waals surface area contributed by atoms with Crippen molar-refractivity contribution < 1.29 is 18.3 Å². The third-order valence-corrected chi connectivity index (χ3v) is 2.69. The monoisotopic (exact) mass is 301 g/mol. The Morgan fingerprint density at radius 1 is 1.14 bits per heavy atom. The number of benzene rings is 2. The number of hydrogen-bond donors (Lipinski definition) is 1. The second kappa shape index (κ2) is 7.79. The highest BCUT2D eigenvalue weighted by atomic mass is 19.1. The van der Waals surface area contributed by atoms with Crippen LogP contribution in [0.25, 0.3) is 0 Å². The van der Waals surface area contributed by atoms with E-state index in [0.29, 0.717) is 0 Å². The largest absolute Gasteiger partial charge is 0.445 e. The van der Waals surface area contributed by atoms with E-state index in [1.54, 1.807) is 0 Å². The molecule has 0 atom stereocenters. The van der Waals surface area contributed by atoms with Gasteiger partial charge in [-0.05, 0) is 17.7 Å². The minimum Gasteiger partial charge on any atom is -0.445 e.